The number of benzene rings is 1. The number of carbonyl (C=O) groups excluding carboxylic acids is 1. The van der Waals surface area contributed by atoms with Gasteiger partial charge in [0, 0.05) is 6.07 Å². The molecule has 2 rings (SSSR count). The lowest BCUT2D eigenvalue weighted by atomic mass is 9.75. The fourth-order valence-electron chi connectivity index (χ4n) is 3.42. The van der Waals surface area contributed by atoms with Gasteiger partial charge in [-0.3, -0.25) is 10.1 Å². The summed E-state index contributed by atoms with van der Waals surface area (Å²) < 4.78 is 10.7. The van der Waals surface area contributed by atoms with E-state index >= 15 is 0 Å². The van der Waals surface area contributed by atoms with E-state index in [2.05, 4.69) is 20.8 Å². The van der Waals surface area contributed by atoms with Crippen LogP contribution in [-0.2, 0) is 4.74 Å². The molecule has 132 valence electrons. The maximum Gasteiger partial charge on any atom is 0.338 e. The van der Waals surface area contributed by atoms with E-state index in [4.69, 9.17) is 9.47 Å². The number of nitro groups is 1. The van der Waals surface area contributed by atoms with Crippen LogP contribution in [0.2, 0.25) is 0 Å². The highest BCUT2D eigenvalue weighted by Crippen LogP contribution is 2.36. The van der Waals surface area contributed by atoms with E-state index in [0.29, 0.717) is 17.8 Å². The second kappa shape index (κ2) is 7.64. The first-order valence-electron chi connectivity index (χ1n) is 8.36. The Kier molecular flexibility index (Phi) is 5.80. The highest BCUT2D eigenvalue weighted by atomic mass is 16.6. The number of nitrogens with zero attached hydrogens (tertiary/aromatic N) is 1. The molecule has 3 atom stereocenters. The molecule has 0 spiro atoms. The lowest BCUT2D eigenvalue weighted by Gasteiger charge is -2.36. The lowest BCUT2D eigenvalue weighted by molar-refractivity contribution is -0.385. The Morgan fingerprint density at radius 3 is 2.62 bits per heavy atom. The molecule has 6 heteroatoms. The molecule has 0 N–H and O–H groups in total. The van der Waals surface area contributed by atoms with E-state index in [1.165, 1.54) is 25.3 Å². The highest BCUT2D eigenvalue weighted by Gasteiger charge is 2.34. The van der Waals surface area contributed by atoms with E-state index in [1.54, 1.807) is 0 Å². The molecule has 24 heavy (non-hydrogen) atoms. The van der Waals surface area contributed by atoms with Crippen LogP contribution in [0.15, 0.2) is 18.2 Å². The topological polar surface area (TPSA) is 78.7 Å². The van der Waals surface area contributed by atoms with Crippen molar-refractivity contribution >= 4 is 11.7 Å². The number of carbonyl (C=O) groups is 1. The number of hydrogen-bond acceptors (Lipinski definition) is 5. The minimum atomic E-state index is -0.560. The van der Waals surface area contributed by atoms with E-state index < -0.39 is 10.9 Å². The van der Waals surface area contributed by atoms with Crippen LogP contribution < -0.4 is 4.74 Å². The maximum atomic E-state index is 12.5. The summed E-state index contributed by atoms with van der Waals surface area (Å²) in [6.07, 6.45) is 2.89. The van der Waals surface area contributed by atoms with Crippen molar-refractivity contribution in [3.63, 3.8) is 0 Å². The fraction of sp³-hybridized carbons (Fsp3) is 0.611. The molecule has 1 saturated carbocycles. The molecule has 0 heterocycles. The van der Waals surface area contributed by atoms with Gasteiger partial charge in [0.25, 0.3) is 0 Å². The Labute approximate surface area is 142 Å². The second-order valence-corrected chi connectivity index (χ2v) is 6.91. The number of rotatable bonds is 5. The molecule has 1 aliphatic carbocycles. The number of nitro benzene ring substituents is 1. The first-order valence-corrected chi connectivity index (χ1v) is 8.36. The van der Waals surface area contributed by atoms with Gasteiger partial charge < -0.3 is 9.47 Å². The van der Waals surface area contributed by atoms with Crippen molar-refractivity contribution in [3.05, 3.63) is 33.9 Å². The summed E-state index contributed by atoms with van der Waals surface area (Å²) in [7, 11) is 1.36. The average Bonchev–Trinajstić information content (AvgIpc) is 2.53. The Morgan fingerprint density at radius 1 is 1.33 bits per heavy atom. The van der Waals surface area contributed by atoms with Crippen LogP contribution >= 0.6 is 0 Å². The average molecular weight is 335 g/mol. The summed E-state index contributed by atoms with van der Waals surface area (Å²) in [5, 5.41) is 11.1. The Morgan fingerprint density at radius 2 is 2.04 bits per heavy atom. The van der Waals surface area contributed by atoms with Gasteiger partial charge in [0.05, 0.1) is 17.6 Å². The molecule has 1 aromatic carbocycles. The van der Waals surface area contributed by atoms with Gasteiger partial charge in [0.2, 0.25) is 0 Å². The third-order valence-electron chi connectivity index (χ3n) is 4.83. The molecule has 0 amide bonds. The van der Waals surface area contributed by atoms with Crippen LogP contribution in [0.3, 0.4) is 0 Å². The smallest absolute Gasteiger partial charge is 0.338 e. The predicted molar refractivity (Wildman–Crippen MR) is 90.2 cm³/mol. The summed E-state index contributed by atoms with van der Waals surface area (Å²) in [6.45, 7) is 6.44. The minimum absolute atomic E-state index is 0.128. The molecular formula is C18H25NO5. The van der Waals surface area contributed by atoms with Crippen molar-refractivity contribution in [1.82, 2.24) is 0 Å². The molecule has 0 aliphatic heterocycles. The zero-order chi connectivity index (χ0) is 17.9. The van der Waals surface area contributed by atoms with Crippen molar-refractivity contribution in [2.24, 2.45) is 17.8 Å². The predicted octanol–water partition coefficient (Wildman–Crippen LogP) is 4.22. The molecule has 0 bridgehead atoms. The highest BCUT2D eigenvalue weighted by molar-refractivity contribution is 5.90. The monoisotopic (exact) mass is 335 g/mol. The van der Waals surface area contributed by atoms with Crippen molar-refractivity contribution in [2.45, 2.75) is 46.1 Å². The van der Waals surface area contributed by atoms with Crippen LogP contribution in [-0.4, -0.2) is 24.1 Å². The molecular weight excluding hydrogens is 310 g/mol. The van der Waals surface area contributed by atoms with Gasteiger partial charge in [-0.1, -0.05) is 27.2 Å². The molecule has 1 aliphatic rings. The first kappa shape index (κ1) is 18.2. The van der Waals surface area contributed by atoms with Crippen molar-refractivity contribution in [2.75, 3.05) is 7.11 Å². The largest absolute Gasteiger partial charge is 0.490 e. The van der Waals surface area contributed by atoms with Crippen LogP contribution in [0.5, 0.6) is 5.75 Å². The Hall–Kier alpha value is -2.11. The summed E-state index contributed by atoms with van der Waals surface area (Å²) in [5.74, 6) is 0.898. The van der Waals surface area contributed by atoms with Crippen LogP contribution in [0, 0.1) is 27.9 Å². The van der Waals surface area contributed by atoms with E-state index in [1.807, 2.05) is 0 Å². The van der Waals surface area contributed by atoms with Gasteiger partial charge in [-0.15, -0.1) is 0 Å². The number of methoxy groups -OCH3 is 1. The van der Waals surface area contributed by atoms with Crippen LogP contribution in [0.4, 0.5) is 5.69 Å². The fourth-order valence-corrected chi connectivity index (χ4v) is 3.42. The number of ether oxygens (including phenoxy) is 2. The first-order chi connectivity index (χ1) is 11.3. The van der Waals surface area contributed by atoms with Gasteiger partial charge in [-0.2, -0.15) is 0 Å². The van der Waals surface area contributed by atoms with Gasteiger partial charge >= 0.3 is 11.7 Å². The summed E-state index contributed by atoms with van der Waals surface area (Å²) in [6, 6.07) is 4.15. The zero-order valence-electron chi connectivity index (χ0n) is 14.7. The molecule has 0 aromatic heterocycles. The van der Waals surface area contributed by atoms with Crippen molar-refractivity contribution in [3.8, 4) is 5.75 Å². The Bertz CT molecular complexity index is 613. The molecule has 1 fully saturated rings. The van der Waals surface area contributed by atoms with E-state index in [-0.39, 0.29) is 23.1 Å². The van der Waals surface area contributed by atoms with Crippen molar-refractivity contribution in [1.29, 1.82) is 0 Å². The van der Waals surface area contributed by atoms with Crippen LogP contribution in [0.1, 0.15) is 50.4 Å². The van der Waals surface area contributed by atoms with Gasteiger partial charge in [-0.05, 0) is 42.7 Å². The lowest BCUT2D eigenvalue weighted by Crippen LogP contribution is -2.35. The van der Waals surface area contributed by atoms with Crippen molar-refractivity contribution < 1.29 is 19.2 Å². The Balaban J connectivity index is 2.19. The summed E-state index contributed by atoms with van der Waals surface area (Å²) >= 11 is 0. The van der Waals surface area contributed by atoms with E-state index in [0.717, 1.165) is 19.3 Å². The molecule has 1 aromatic rings. The number of esters is 1. The second-order valence-electron chi connectivity index (χ2n) is 6.91. The molecule has 0 saturated heterocycles. The van der Waals surface area contributed by atoms with Crippen LogP contribution in [0.25, 0.3) is 0 Å². The SMILES string of the molecule is COc1ccc(C(=O)O[C@@H]2C[C@H](C)CC[C@@H]2C(C)C)cc1[N+](=O)[O-]. The summed E-state index contributed by atoms with van der Waals surface area (Å²) in [5.41, 5.74) is -0.0485. The van der Waals surface area contributed by atoms with Gasteiger partial charge in [0.15, 0.2) is 5.75 Å². The summed E-state index contributed by atoms with van der Waals surface area (Å²) in [4.78, 5) is 23.0. The van der Waals surface area contributed by atoms with E-state index in [9.17, 15) is 14.9 Å². The normalized spacial score (nSPS) is 23.8. The maximum absolute atomic E-state index is 12.5. The third-order valence-corrected chi connectivity index (χ3v) is 4.83. The molecule has 0 unspecified atom stereocenters. The quantitative estimate of drug-likeness (QED) is 0.457. The minimum Gasteiger partial charge on any atom is -0.490 e. The standard InChI is InChI=1S/C18H25NO5/c1-11(2)14-7-5-12(3)9-17(14)24-18(20)13-6-8-16(23-4)15(10-13)19(21)22/h6,8,10-12,14,17H,5,7,9H2,1-4H3/t12-,14-,17-/m1/s1. The van der Waals surface area contributed by atoms with Gasteiger partial charge in [-0.25, -0.2) is 4.79 Å². The third kappa shape index (κ3) is 4.04. The zero-order valence-corrected chi connectivity index (χ0v) is 14.7. The number of hydrogen-bond donors (Lipinski definition) is 0. The molecule has 0 radical (unpaired) electrons. The van der Waals surface area contributed by atoms with Gasteiger partial charge in [0.1, 0.15) is 6.10 Å². The molecule has 6 nitrogen and oxygen atoms in total.